The molecule has 18 heavy (non-hydrogen) atoms. The summed E-state index contributed by atoms with van der Waals surface area (Å²) in [6.45, 7) is 0. The molecule has 0 aliphatic carbocycles. The topological polar surface area (TPSA) is 49.8 Å². The SMILES string of the molecule is N#Cc1c(N)ccc(-c2cc(Cl)cc(Cl)c2)c1Cl. The molecule has 2 N–H and O–H groups in total. The molecular formula is C13H7Cl3N2. The molecule has 90 valence electrons. The highest BCUT2D eigenvalue weighted by Crippen LogP contribution is 2.35. The molecule has 0 fully saturated rings. The highest BCUT2D eigenvalue weighted by Gasteiger charge is 2.12. The number of nitriles is 1. The fraction of sp³-hybridized carbons (Fsp3) is 0. The summed E-state index contributed by atoms with van der Waals surface area (Å²) in [4.78, 5) is 0. The standard InChI is InChI=1S/C13H7Cl3N2/c14-8-3-7(4-9(15)5-8)10-1-2-12(18)11(6-17)13(10)16/h1-5H,18H2. The van der Waals surface area contributed by atoms with Crippen molar-refractivity contribution in [1.82, 2.24) is 0 Å². The van der Waals surface area contributed by atoms with Crippen molar-refractivity contribution < 1.29 is 0 Å². The largest absolute Gasteiger partial charge is 0.398 e. The molecule has 2 aromatic carbocycles. The maximum absolute atomic E-state index is 9.01. The van der Waals surface area contributed by atoms with Gasteiger partial charge in [-0.1, -0.05) is 40.9 Å². The van der Waals surface area contributed by atoms with Gasteiger partial charge in [-0.05, 0) is 29.8 Å². The Bertz CT molecular complexity index is 640. The predicted molar refractivity (Wildman–Crippen MR) is 76.0 cm³/mol. The minimum absolute atomic E-state index is 0.255. The monoisotopic (exact) mass is 296 g/mol. The summed E-state index contributed by atoms with van der Waals surface area (Å²) in [5, 5.41) is 10.3. The van der Waals surface area contributed by atoms with Crippen LogP contribution in [-0.2, 0) is 0 Å². The average Bonchev–Trinajstić information content (AvgIpc) is 2.28. The average molecular weight is 298 g/mol. The van der Waals surface area contributed by atoms with Gasteiger partial charge in [0.1, 0.15) is 6.07 Å². The number of hydrogen-bond donors (Lipinski definition) is 1. The summed E-state index contributed by atoms with van der Waals surface area (Å²) in [6, 6.07) is 10.4. The van der Waals surface area contributed by atoms with Crippen LogP contribution in [0.2, 0.25) is 15.1 Å². The van der Waals surface area contributed by atoms with E-state index in [1.165, 1.54) is 0 Å². The van der Waals surface area contributed by atoms with Gasteiger partial charge in [0.25, 0.3) is 0 Å². The molecule has 0 heterocycles. The van der Waals surface area contributed by atoms with Crippen molar-refractivity contribution in [2.45, 2.75) is 0 Å². The highest BCUT2D eigenvalue weighted by atomic mass is 35.5. The van der Waals surface area contributed by atoms with Crippen LogP contribution in [0.4, 0.5) is 5.69 Å². The van der Waals surface area contributed by atoms with Crippen molar-refractivity contribution in [1.29, 1.82) is 5.26 Å². The summed E-state index contributed by atoms with van der Waals surface area (Å²) >= 11 is 18.0. The van der Waals surface area contributed by atoms with Gasteiger partial charge in [0, 0.05) is 15.6 Å². The lowest BCUT2D eigenvalue weighted by molar-refractivity contribution is 1.48. The first-order valence-electron chi connectivity index (χ1n) is 4.97. The predicted octanol–water partition coefficient (Wildman–Crippen LogP) is 4.77. The van der Waals surface area contributed by atoms with Gasteiger partial charge in [-0.3, -0.25) is 0 Å². The van der Waals surface area contributed by atoms with Crippen LogP contribution in [0.25, 0.3) is 11.1 Å². The lowest BCUT2D eigenvalue weighted by atomic mass is 10.0. The molecule has 2 aromatic rings. The Morgan fingerprint density at radius 1 is 1.00 bits per heavy atom. The Balaban J connectivity index is 2.69. The van der Waals surface area contributed by atoms with Crippen molar-refractivity contribution >= 4 is 40.5 Å². The quantitative estimate of drug-likeness (QED) is 0.771. The molecule has 0 radical (unpaired) electrons. The molecule has 0 atom stereocenters. The number of hydrogen-bond acceptors (Lipinski definition) is 2. The van der Waals surface area contributed by atoms with E-state index in [2.05, 4.69) is 0 Å². The van der Waals surface area contributed by atoms with Gasteiger partial charge < -0.3 is 5.73 Å². The zero-order chi connectivity index (χ0) is 13.3. The molecule has 0 bridgehead atoms. The van der Waals surface area contributed by atoms with Gasteiger partial charge in [0.2, 0.25) is 0 Å². The van der Waals surface area contributed by atoms with E-state index in [4.69, 9.17) is 45.8 Å². The van der Waals surface area contributed by atoms with Gasteiger partial charge in [-0.25, -0.2) is 0 Å². The van der Waals surface area contributed by atoms with Crippen LogP contribution < -0.4 is 5.73 Å². The smallest absolute Gasteiger partial charge is 0.103 e. The summed E-state index contributed by atoms with van der Waals surface area (Å²) < 4.78 is 0. The number of nitrogen functional groups attached to an aromatic ring is 1. The maximum Gasteiger partial charge on any atom is 0.103 e. The van der Waals surface area contributed by atoms with Crippen molar-refractivity contribution in [2.24, 2.45) is 0 Å². The molecule has 0 aromatic heterocycles. The van der Waals surface area contributed by atoms with E-state index in [1.807, 2.05) is 6.07 Å². The Morgan fingerprint density at radius 2 is 1.61 bits per heavy atom. The van der Waals surface area contributed by atoms with Gasteiger partial charge in [0.05, 0.1) is 16.3 Å². The van der Waals surface area contributed by atoms with Crippen LogP contribution in [0.15, 0.2) is 30.3 Å². The lowest BCUT2D eigenvalue weighted by Gasteiger charge is -2.09. The number of benzene rings is 2. The number of rotatable bonds is 1. The van der Waals surface area contributed by atoms with E-state index < -0.39 is 0 Å². The molecule has 2 nitrogen and oxygen atoms in total. The van der Waals surface area contributed by atoms with Crippen molar-refractivity contribution in [3.63, 3.8) is 0 Å². The molecule has 0 unspecified atom stereocenters. The van der Waals surface area contributed by atoms with E-state index >= 15 is 0 Å². The molecular weight excluding hydrogens is 291 g/mol. The third-order valence-electron chi connectivity index (χ3n) is 2.46. The van der Waals surface area contributed by atoms with E-state index in [0.717, 1.165) is 5.56 Å². The number of anilines is 1. The lowest BCUT2D eigenvalue weighted by Crippen LogP contribution is -1.93. The zero-order valence-electron chi connectivity index (χ0n) is 9.05. The normalized spacial score (nSPS) is 10.1. The van der Waals surface area contributed by atoms with Crippen LogP contribution in [0, 0.1) is 11.3 Å². The Kier molecular flexibility index (Phi) is 3.68. The van der Waals surface area contributed by atoms with E-state index in [-0.39, 0.29) is 5.56 Å². The third-order valence-corrected chi connectivity index (χ3v) is 3.29. The van der Waals surface area contributed by atoms with Crippen LogP contribution in [0.3, 0.4) is 0 Å². The fourth-order valence-corrected chi connectivity index (χ4v) is 2.49. The van der Waals surface area contributed by atoms with Gasteiger partial charge in [-0.2, -0.15) is 5.26 Å². The van der Waals surface area contributed by atoms with Crippen LogP contribution in [0.1, 0.15) is 5.56 Å². The zero-order valence-corrected chi connectivity index (χ0v) is 11.3. The molecule has 5 heteroatoms. The van der Waals surface area contributed by atoms with Crippen LogP contribution >= 0.6 is 34.8 Å². The number of nitrogens with zero attached hydrogens (tertiary/aromatic N) is 1. The third kappa shape index (κ3) is 2.39. The summed E-state index contributed by atoms with van der Waals surface area (Å²) in [5.74, 6) is 0. The summed E-state index contributed by atoms with van der Waals surface area (Å²) in [6.07, 6.45) is 0. The van der Waals surface area contributed by atoms with Crippen molar-refractivity contribution in [2.75, 3.05) is 5.73 Å². The van der Waals surface area contributed by atoms with Gasteiger partial charge in [0.15, 0.2) is 0 Å². The first-order valence-corrected chi connectivity index (χ1v) is 6.11. The number of nitrogens with two attached hydrogens (primary N) is 1. The minimum Gasteiger partial charge on any atom is -0.398 e. The second-order valence-electron chi connectivity index (χ2n) is 3.66. The van der Waals surface area contributed by atoms with Crippen LogP contribution in [0.5, 0.6) is 0 Å². The Labute approximate surface area is 119 Å². The van der Waals surface area contributed by atoms with Gasteiger partial charge in [-0.15, -0.1) is 0 Å². The summed E-state index contributed by atoms with van der Waals surface area (Å²) in [5.41, 5.74) is 7.70. The fourth-order valence-electron chi connectivity index (χ4n) is 1.64. The number of halogens is 3. The highest BCUT2D eigenvalue weighted by molar-refractivity contribution is 6.36. The molecule has 0 saturated carbocycles. The molecule has 0 amide bonds. The van der Waals surface area contributed by atoms with E-state index in [9.17, 15) is 0 Å². The first kappa shape index (κ1) is 13.0. The second-order valence-corrected chi connectivity index (χ2v) is 4.91. The summed E-state index contributed by atoms with van der Waals surface area (Å²) in [7, 11) is 0. The Morgan fingerprint density at radius 3 is 2.17 bits per heavy atom. The molecule has 0 aliphatic rings. The molecule has 0 saturated heterocycles. The first-order chi connectivity index (χ1) is 8.52. The molecule has 2 rings (SSSR count). The van der Waals surface area contributed by atoms with Crippen molar-refractivity contribution in [3.8, 4) is 17.2 Å². The van der Waals surface area contributed by atoms with Crippen LogP contribution in [-0.4, -0.2) is 0 Å². The molecule has 0 aliphatic heterocycles. The van der Waals surface area contributed by atoms with E-state index in [0.29, 0.717) is 26.3 Å². The van der Waals surface area contributed by atoms with E-state index in [1.54, 1.807) is 30.3 Å². The Hall–Kier alpha value is -1.40. The van der Waals surface area contributed by atoms with Gasteiger partial charge >= 0.3 is 0 Å². The maximum atomic E-state index is 9.01. The molecule has 0 spiro atoms. The minimum atomic E-state index is 0.255. The van der Waals surface area contributed by atoms with Crippen molar-refractivity contribution in [3.05, 3.63) is 51.0 Å². The second kappa shape index (κ2) is 5.07.